The summed E-state index contributed by atoms with van der Waals surface area (Å²) in [6.07, 6.45) is 1.08. The van der Waals surface area contributed by atoms with Gasteiger partial charge in [0.25, 0.3) is 5.56 Å². The van der Waals surface area contributed by atoms with Crippen molar-refractivity contribution in [3.63, 3.8) is 0 Å². The van der Waals surface area contributed by atoms with Gasteiger partial charge in [-0.1, -0.05) is 67.6 Å². The number of benzene rings is 3. The second-order valence-electron chi connectivity index (χ2n) is 7.95. The van der Waals surface area contributed by atoms with Crippen molar-refractivity contribution in [1.29, 1.82) is 0 Å². The Hall–Kier alpha value is -3.73. The van der Waals surface area contributed by atoms with E-state index in [0.717, 1.165) is 23.2 Å². The maximum Gasteiger partial charge on any atom is 0.266 e. The van der Waals surface area contributed by atoms with Gasteiger partial charge in [0.15, 0.2) is 0 Å². The minimum atomic E-state index is -0.395. The molecule has 5 heteroatoms. The van der Waals surface area contributed by atoms with Crippen molar-refractivity contribution in [2.24, 2.45) is 0 Å². The fourth-order valence-electron chi connectivity index (χ4n) is 3.98. The number of aromatic nitrogens is 2. The molecule has 4 aromatic rings. The Kier molecular flexibility index (Phi) is 6.17. The Morgan fingerprint density at radius 1 is 0.969 bits per heavy atom. The minimum absolute atomic E-state index is 0.0264. The van der Waals surface area contributed by atoms with Crippen LogP contribution < -0.4 is 5.56 Å². The van der Waals surface area contributed by atoms with Gasteiger partial charge in [-0.3, -0.25) is 14.2 Å². The van der Waals surface area contributed by atoms with Gasteiger partial charge in [0.2, 0.25) is 5.91 Å². The average Bonchev–Trinajstić information content (AvgIpc) is 2.83. The van der Waals surface area contributed by atoms with Crippen molar-refractivity contribution in [2.45, 2.75) is 32.7 Å². The fourth-order valence-corrected chi connectivity index (χ4v) is 3.98. The number of fused-ring (bicyclic) bond motifs is 1. The Morgan fingerprint density at radius 3 is 2.38 bits per heavy atom. The molecule has 1 atom stereocenters. The largest absolute Gasteiger partial charge is 0.336 e. The van der Waals surface area contributed by atoms with Crippen molar-refractivity contribution >= 4 is 16.8 Å². The van der Waals surface area contributed by atoms with E-state index in [1.54, 1.807) is 22.6 Å². The monoisotopic (exact) mass is 425 g/mol. The van der Waals surface area contributed by atoms with Crippen LogP contribution in [0.25, 0.3) is 16.6 Å². The molecule has 0 saturated carbocycles. The summed E-state index contributed by atoms with van der Waals surface area (Å²) in [6.45, 7) is 3.99. The van der Waals surface area contributed by atoms with Crippen LogP contribution in [0.1, 0.15) is 36.8 Å². The van der Waals surface area contributed by atoms with Gasteiger partial charge in [-0.25, -0.2) is 4.98 Å². The van der Waals surface area contributed by atoms with E-state index < -0.39 is 6.04 Å². The third kappa shape index (κ3) is 4.06. The van der Waals surface area contributed by atoms with E-state index in [0.29, 0.717) is 23.1 Å². The fraction of sp³-hybridized carbons (Fsp3) is 0.222. The van der Waals surface area contributed by atoms with E-state index in [1.807, 2.05) is 79.7 Å². The van der Waals surface area contributed by atoms with Gasteiger partial charge in [0.1, 0.15) is 5.82 Å². The highest BCUT2D eigenvalue weighted by Gasteiger charge is 2.24. The predicted molar refractivity (Wildman–Crippen MR) is 128 cm³/mol. The molecule has 0 bridgehead atoms. The van der Waals surface area contributed by atoms with Gasteiger partial charge in [-0.15, -0.1) is 0 Å². The Labute approximate surface area is 188 Å². The smallest absolute Gasteiger partial charge is 0.266 e. The number of nitrogens with zero attached hydrogens (tertiary/aromatic N) is 3. The van der Waals surface area contributed by atoms with Gasteiger partial charge in [-0.2, -0.15) is 0 Å². The molecular formula is C27H27N3O2. The number of carbonyl (C=O) groups is 1. The highest BCUT2D eigenvalue weighted by molar-refractivity contribution is 5.80. The minimum Gasteiger partial charge on any atom is -0.336 e. The molecule has 0 saturated heterocycles. The highest BCUT2D eigenvalue weighted by atomic mass is 16.2. The lowest BCUT2D eigenvalue weighted by Crippen LogP contribution is -2.35. The molecule has 1 aromatic heterocycles. The summed E-state index contributed by atoms with van der Waals surface area (Å²) in [4.78, 5) is 33.2. The van der Waals surface area contributed by atoms with E-state index in [9.17, 15) is 9.59 Å². The number of para-hydroxylation sites is 2. The first-order valence-corrected chi connectivity index (χ1v) is 10.9. The summed E-state index contributed by atoms with van der Waals surface area (Å²) in [7, 11) is 1.77. The van der Waals surface area contributed by atoms with Crippen LogP contribution in [0.4, 0.5) is 0 Å². The van der Waals surface area contributed by atoms with Gasteiger partial charge < -0.3 is 4.90 Å². The zero-order chi connectivity index (χ0) is 22.7. The van der Waals surface area contributed by atoms with Crippen LogP contribution in [0.3, 0.4) is 0 Å². The number of rotatable bonds is 6. The van der Waals surface area contributed by atoms with Crippen LogP contribution in [-0.4, -0.2) is 27.4 Å². The third-order valence-electron chi connectivity index (χ3n) is 5.96. The van der Waals surface area contributed by atoms with Crippen LogP contribution in [0.2, 0.25) is 0 Å². The normalized spacial score (nSPS) is 12.0. The number of hydrogen-bond donors (Lipinski definition) is 0. The van der Waals surface area contributed by atoms with E-state index in [2.05, 4.69) is 6.92 Å². The number of likely N-dealkylation sites (N-methyl/N-ethyl adjacent to an activating group) is 1. The highest BCUT2D eigenvalue weighted by Crippen LogP contribution is 2.24. The third-order valence-corrected chi connectivity index (χ3v) is 5.96. The SMILES string of the molecule is CCc1ccccc1-n1c(C(C)N(C)C(=O)Cc2ccccc2)nc2ccccc2c1=O. The van der Waals surface area contributed by atoms with Crippen LogP contribution in [0.15, 0.2) is 83.7 Å². The summed E-state index contributed by atoms with van der Waals surface area (Å²) < 4.78 is 1.68. The first-order chi connectivity index (χ1) is 15.5. The predicted octanol–water partition coefficient (Wildman–Crippen LogP) is 4.71. The second kappa shape index (κ2) is 9.18. The Bertz CT molecular complexity index is 1310. The molecule has 5 nitrogen and oxygen atoms in total. The molecule has 162 valence electrons. The first kappa shape index (κ1) is 21.5. The molecule has 1 unspecified atom stereocenters. The van der Waals surface area contributed by atoms with Gasteiger partial charge in [0.05, 0.1) is 29.1 Å². The van der Waals surface area contributed by atoms with Gasteiger partial charge >= 0.3 is 0 Å². The molecule has 0 aliphatic rings. The van der Waals surface area contributed by atoms with E-state index >= 15 is 0 Å². The standard InChI is InChI=1S/C27H27N3O2/c1-4-21-14-8-11-17-24(21)30-26(28-23-16-10-9-15-22(23)27(30)32)19(2)29(3)25(31)18-20-12-6-5-7-13-20/h5-17,19H,4,18H2,1-3H3. The van der Waals surface area contributed by atoms with Crippen LogP contribution in [0.5, 0.6) is 0 Å². The van der Waals surface area contributed by atoms with Gasteiger partial charge in [-0.05, 0) is 42.7 Å². The van der Waals surface area contributed by atoms with Gasteiger partial charge in [0, 0.05) is 7.05 Å². The maximum absolute atomic E-state index is 13.6. The molecule has 1 heterocycles. The zero-order valence-corrected chi connectivity index (χ0v) is 18.7. The Balaban J connectivity index is 1.83. The average molecular weight is 426 g/mol. The molecule has 0 fully saturated rings. The quantitative estimate of drug-likeness (QED) is 0.450. The number of hydrogen-bond acceptors (Lipinski definition) is 3. The lowest BCUT2D eigenvalue weighted by atomic mass is 10.1. The molecule has 1 amide bonds. The summed E-state index contributed by atoms with van der Waals surface area (Å²) in [5, 5.41) is 0.563. The molecule has 0 N–H and O–H groups in total. The Morgan fingerprint density at radius 2 is 1.62 bits per heavy atom. The van der Waals surface area contributed by atoms with Crippen LogP contribution in [-0.2, 0) is 17.6 Å². The number of aryl methyl sites for hydroxylation is 1. The number of amides is 1. The van der Waals surface area contributed by atoms with E-state index in [1.165, 1.54) is 0 Å². The molecule has 3 aromatic carbocycles. The summed E-state index contributed by atoms with van der Waals surface area (Å²) >= 11 is 0. The maximum atomic E-state index is 13.6. The second-order valence-corrected chi connectivity index (χ2v) is 7.95. The molecule has 0 aliphatic carbocycles. The summed E-state index contributed by atoms with van der Waals surface area (Å²) in [6, 6.07) is 24.5. The lowest BCUT2D eigenvalue weighted by molar-refractivity contribution is -0.131. The van der Waals surface area contributed by atoms with Crippen molar-refractivity contribution in [1.82, 2.24) is 14.5 Å². The zero-order valence-electron chi connectivity index (χ0n) is 18.7. The lowest BCUT2D eigenvalue weighted by Gasteiger charge is -2.27. The summed E-state index contributed by atoms with van der Waals surface area (Å²) in [5.74, 6) is 0.528. The topological polar surface area (TPSA) is 55.2 Å². The number of carbonyl (C=O) groups excluding carboxylic acids is 1. The van der Waals surface area contributed by atoms with Crippen LogP contribution in [0, 0.1) is 0 Å². The van der Waals surface area contributed by atoms with Crippen molar-refractivity contribution in [3.8, 4) is 5.69 Å². The van der Waals surface area contributed by atoms with Crippen molar-refractivity contribution < 1.29 is 4.79 Å². The van der Waals surface area contributed by atoms with Crippen LogP contribution >= 0.6 is 0 Å². The molecule has 0 aliphatic heterocycles. The molecular weight excluding hydrogens is 398 g/mol. The molecule has 32 heavy (non-hydrogen) atoms. The summed E-state index contributed by atoms with van der Waals surface area (Å²) in [5.41, 5.74) is 3.33. The van der Waals surface area contributed by atoms with E-state index in [-0.39, 0.29) is 11.5 Å². The molecule has 0 radical (unpaired) electrons. The van der Waals surface area contributed by atoms with E-state index in [4.69, 9.17) is 4.98 Å². The molecule has 0 spiro atoms. The first-order valence-electron chi connectivity index (χ1n) is 10.9. The van der Waals surface area contributed by atoms with Crippen molar-refractivity contribution in [2.75, 3.05) is 7.05 Å². The van der Waals surface area contributed by atoms with Crippen molar-refractivity contribution in [3.05, 3.63) is 106 Å². The molecule has 4 rings (SSSR count).